The lowest BCUT2D eigenvalue weighted by Crippen LogP contribution is -2.07. The molecule has 0 unspecified atom stereocenters. The number of ether oxygens (including phenoxy) is 2. The van der Waals surface area contributed by atoms with Gasteiger partial charge in [0.25, 0.3) is 0 Å². The van der Waals surface area contributed by atoms with Crippen molar-refractivity contribution >= 4 is 16.7 Å². The lowest BCUT2D eigenvalue weighted by molar-refractivity contribution is -0.143. The molecule has 0 bridgehead atoms. The van der Waals surface area contributed by atoms with Crippen LogP contribution in [0.15, 0.2) is 54.6 Å². The van der Waals surface area contributed by atoms with E-state index in [4.69, 9.17) is 9.47 Å². The summed E-state index contributed by atoms with van der Waals surface area (Å²) >= 11 is 0. The van der Waals surface area contributed by atoms with E-state index in [1.54, 1.807) is 24.3 Å². The van der Waals surface area contributed by atoms with Crippen molar-refractivity contribution < 1.29 is 31.8 Å². The number of benzene rings is 3. The Hall–Kier alpha value is -3.09. The maximum absolute atomic E-state index is 14.2. The van der Waals surface area contributed by atoms with Crippen LogP contribution in [0.2, 0.25) is 0 Å². The van der Waals surface area contributed by atoms with Gasteiger partial charge in [-0.25, -0.2) is 4.39 Å². The molecule has 3 nitrogen and oxygen atoms in total. The SMILES string of the molecule is CCCCOC(=O)CCc1cccc2c(Oc3ccc(C(F)(F)F)cc3F)cccc12. The highest BCUT2D eigenvalue weighted by atomic mass is 19.4. The van der Waals surface area contributed by atoms with E-state index in [-0.39, 0.29) is 18.1 Å². The highest BCUT2D eigenvalue weighted by Gasteiger charge is 2.31. The van der Waals surface area contributed by atoms with E-state index in [2.05, 4.69) is 0 Å². The lowest BCUT2D eigenvalue weighted by atomic mass is 10.0. The maximum atomic E-state index is 14.2. The van der Waals surface area contributed by atoms with Crippen LogP contribution in [0.1, 0.15) is 37.3 Å². The summed E-state index contributed by atoms with van der Waals surface area (Å²) in [4.78, 5) is 11.9. The fourth-order valence-electron chi connectivity index (χ4n) is 3.17. The van der Waals surface area contributed by atoms with Gasteiger partial charge in [0, 0.05) is 11.8 Å². The fourth-order valence-corrected chi connectivity index (χ4v) is 3.17. The molecule has 0 fully saturated rings. The molecule has 0 amide bonds. The minimum Gasteiger partial charge on any atom is -0.466 e. The molecule has 0 N–H and O–H groups in total. The number of carbonyl (C=O) groups excluding carboxylic acids is 1. The average molecular weight is 434 g/mol. The molecular weight excluding hydrogens is 412 g/mol. The second-order valence-corrected chi connectivity index (χ2v) is 7.09. The van der Waals surface area contributed by atoms with Gasteiger partial charge in [0.1, 0.15) is 5.75 Å². The number of carbonyl (C=O) groups is 1. The zero-order chi connectivity index (χ0) is 22.4. The van der Waals surface area contributed by atoms with Gasteiger partial charge in [-0.1, -0.05) is 43.7 Å². The summed E-state index contributed by atoms with van der Waals surface area (Å²) in [6, 6.07) is 12.8. The van der Waals surface area contributed by atoms with Crippen LogP contribution in [0.5, 0.6) is 11.5 Å². The monoisotopic (exact) mass is 434 g/mol. The zero-order valence-corrected chi connectivity index (χ0v) is 17.0. The second kappa shape index (κ2) is 9.81. The zero-order valence-electron chi connectivity index (χ0n) is 17.0. The van der Waals surface area contributed by atoms with Crippen LogP contribution >= 0.6 is 0 Å². The van der Waals surface area contributed by atoms with E-state index in [9.17, 15) is 22.4 Å². The Morgan fingerprint density at radius 3 is 2.42 bits per heavy atom. The minimum absolute atomic E-state index is 0.224. The Balaban J connectivity index is 1.80. The summed E-state index contributed by atoms with van der Waals surface area (Å²) in [5.41, 5.74) is -0.188. The normalized spacial score (nSPS) is 11.5. The van der Waals surface area contributed by atoms with Gasteiger partial charge in [0.05, 0.1) is 12.2 Å². The van der Waals surface area contributed by atoms with Crippen molar-refractivity contribution in [3.05, 3.63) is 71.5 Å². The van der Waals surface area contributed by atoms with Crippen LogP contribution in [-0.2, 0) is 22.1 Å². The van der Waals surface area contributed by atoms with Gasteiger partial charge in [0.2, 0.25) is 0 Å². The van der Waals surface area contributed by atoms with E-state index in [1.807, 2.05) is 19.1 Å². The number of esters is 1. The van der Waals surface area contributed by atoms with Crippen LogP contribution < -0.4 is 4.74 Å². The van der Waals surface area contributed by atoms with E-state index < -0.39 is 17.6 Å². The highest BCUT2D eigenvalue weighted by molar-refractivity contribution is 5.91. The van der Waals surface area contributed by atoms with Gasteiger partial charge < -0.3 is 9.47 Å². The Kier molecular flexibility index (Phi) is 7.15. The van der Waals surface area contributed by atoms with E-state index >= 15 is 0 Å². The Labute approximate surface area is 177 Å². The lowest BCUT2D eigenvalue weighted by Gasteiger charge is -2.13. The molecule has 0 atom stereocenters. The maximum Gasteiger partial charge on any atom is 0.416 e. The molecule has 0 radical (unpaired) electrons. The van der Waals surface area contributed by atoms with Gasteiger partial charge in [-0.15, -0.1) is 0 Å². The first-order valence-electron chi connectivity index (χ1n) is 10.0. The molecule has 0 aliphatic heterocycles. The third-order valence-electron chi connectivity index (χ3n) is 4.81. The third-order valence-corrected chi connectivity index (χ3v) is 4.81. The molecule has 0 aliphatic rings. The second-order valence-electron chi connectivity index (χ2n) is 7.09. The van der Waals surface area contributed by atoms with Crippen molar-refractivity contribution in [2.45, 2.75) is 38.8 Å². The third kappa shape index (κ3) is 5.75. The first kappa shape index (κ1) is 22.6. The first-order valence-corrected chi connectivity index (χ1v) is 10.0. The van der Waals surface area contributed by atoms with Crippen molar-refractivity contribution in [1.29, 1.82) is 0 Å². The molecule has 0 saturated carbocycles. The average Bonchev–Trinajstić information content (AvgIpc) is 2.73. The van der Waals surface area contributed by atoms with E-state index in [1.165, 1.54) is 0 Å². The number of rotatable bonds is 8. The number of unbranched alkanes of at least 4 members (excludes halogenated alkanes) is 1. The van der Waals surface area contributed by atoms with Gasteiger partial charge >= 0.3 is 12.1 Å². The molecule has 0 aromatic heterocycles. The summed E-state index contributed by atoms with van der Waals surface area (Å²) in [6.07, 6.45) is -2.19. The summed E-state index contributed by atoms with van der Waals surface area (Å²) < 4.78 is 63.3. The number of hydrogen-bond acceptors (Lipinski definition) is 3. The number of hydrogen-bond donors (Lipinski definition) is 0. The molecule has 3 aromatic rings. The topological polar surface area (TPSA) is 35.5 Å². The van der Waals surface area contributed by atoms with Crippen molar-refractivity contribution in [3.63, 3.8) is 0 Å². The largest absolute Gasteiger partial charge is 0.466 e. The fraction of sp³-hybridized carbons (Fsp3) is 0.292. The van der Waals surface area contributed by atoms with Crippen LogP contribution in [0.4, 0.5) is 17.6 Å². The Morgan fingerprint density at radius 2 is 1.71 bits per heavy atom. The first-order chi connectivity index (χ1) is 14.8. The molecule has 0 spiro atoms. The Bertz CT molecular complexity index is 1060. The van der Waals surface area contributed by atoms with E-state index in [0.717, 1.165) is 35.9 Å². The van der Waals surface area contributed by atoms with Gasteiger partial charge in [-0.3, -0.25) is 4.79 Å². The number of alkyl halides is 3. The predicted octanol–water partition coefficient (Wildman–Crippen LogP) is 7.07. The number of fused-ring (bicyclic) bond motifs is 1. The van der Waals surface area contributed by atoms with Crippen LogP contribution in [-0.4, -0.2) is 12.6 Å². The molecule has 31 heavy (non-hydrogen) atoms. The van der Waals surface area contributed by atoms with Crippen molar-refractivity contribution in [1.82, 2.24) is 0 Å². The van der Waals surface area contributed by atoms with Crippen molar-refractivity contribution in [2.24, 2.45) is 0 Å². The van der Waals surface area contributed by atoms with Gasteiger partial charge in [0.15, 0.2) is 11.6 Å². The number of aryl methyl sites for hydroxylation is 1. The van der Waals surface area contributed by atoms with Crippen LogP contribution in [0.25, 0.3) is 10.8 Å². The van der Waals surface area contributed by atoms with Crippen LogP contribution in [0.3, 0.4) is 0 Å². The molecule has 0 saturated heterocycles. The smallest absolute Gasteiger partial charge is 0.416 e. The molecule has 7 heteroatoms. The molecular formula is C24H22F4O3. The van der Waals surface area contributed by atoms with E-state index in [0.29, 0.717) is 30.2 Å². The van der Waals surface area contributed by atoms with Crippen molar-refractivity contribution in [2.75, 3.05) is 6.61 Å². The summed E-state index contributed by atoms with van der Waals surface area (Å²) in [7, 11) is 0. The van der Waals surface area contributed by atoms with Gasteiger partial charge in [-0.2, -0.15) is 13.2 Å². The summed E-state index contributed by atoms with van der Waals surface area (Å²) in [5, 5.41) is 1.48. The van der Waals surface area contributed by atoms with Crippen LogP contribution in [0, 0.1) is 5.82 Å². The minimum atomic E-state index is -4.63. The predicted molar refractivity (Wildman–Crippen MR) is 110 cm³/mol. The molecule has 0 heterocycles. The summed E-state index contributed by atoms with van der Waals surface area (Å²) in [5.74, 6) is -1.36. The van der Waals surface area contributed by atoms with Gasteiger partial charge in [-0.05, 0) is 48.1 Å². The molecule has 0 aliphatic carbocycles. The molecule has 164 valence electrons. The Morgan fingerprint density at radius 1 is 0.968 bits per heavy atom. The number of halogens is 4. The summed E-state index contributed by atoms with van der Waals surface area (Å²) in [6.45, 7) is 2.42. The van der Waals surface area contributed by atoms with Crippen molar-refractivity contribution in [3.8, 4) is 11.5 Å². The molecule has 3 aromatic carbocycles. The quantitative estimate of drug-likeness (QED) is 0.216. The molecule has 3 rings (SSSR count). The standard InChI is InChI=1S/C24H22F4O3/c1-2-3-14-30-23(29)13-10-16-6-4-8-19-18(16)7-5-9-21(19)31-22-12-11-17(15-20(22)25)24(26,27)28/h4-9,11-12,15H,2-3,10,13-14H2,1H3. The highest BCUT2D eigenvalue weighted by Crippen LogP contribution is 2.36.